The normalized spacial score (nSPS) is 18.1. The number of rotatable bonds is 2. The van der Waals surface area contributed by atoms with Crippen molar-refractivity contribution in [2.24, 2.45) is 0 Å². The summed E-state index contributed by atoms with van der Waals surface area (Å²) in [6.45, 7) is 4.12. The summed E-state index contributed by atoms with van der Waals surface area (Å²) in [6.07, 6.45) is 0.477. The zero-order valence-electron chi connectivity index (χ0n) is 12.1. The Labute approximate surface area is 119 Å². The maximum absolute atomic E-state index is 12.1. The van der Waals surface area contributed by atoms with Crippen LogP contribution in [0.5, 0.6) is 0 Å². The number of hydrogen-bond donors (Lipinski definition) is 1. The number of para-hydroxylation sites is 1. The molecule has 0 fully saturated rings. The minimum Gasteiger partial charge on any atom is -0.318 e. The van der Waals surface area contributed by atoms with Gasteiger partial charge in [0.2, 0.25) is 5.91 Å². The average Bonchev–Trinajstić information content (AvgIpc) is 2.76. The third kappa shape index (κ3) is 1.97. The summed E-state index contributed by atoms with van der Waals surface area (Å²) in [7, 11) is 1.84. The minimum atomic E-state index is 0.0136. The second-order valence-corrected chi connectivity index (χ2v) is 5.35. The fraction of sp³-hybridized carbons (Fsp3) is 0.312. The van der Waals surface area contributed by atoms with Gasteiger partial charge in [0.05, 0.1) is 12.5 Å². The molecule has 20 heavy (non-hydrogen) atoms. The van der Waals surface area contributed by atoms with Gasteiger partial charge in [-0.3, -0.25) is 9.47 Å². The Morgan fingerprint density at radius 2 is 1.75 bits per heavy atom. The van der Waals surface area contributed by atoms with Crippen LogP contribution in [0.1, 0.15) is 29.4 Å². The summed E-state index contributed by atoms with van der Waals surface area (Å²) in [6, 6.07) is 12.2. The molecule has 1 N–H and O–H groups in total. The third-order valence-corrected chi connectivity index (χ3v) is 3.98. The fourth-order valence-corrected chi connectivity index (χ4v) is 2.79. The van der Waals surface area contributed by atoms with Crippen LogP contribution < -0.4 is 10.3 Å². The van der Waals surface area contributed by atoms with E-state index in [4.69, 9.17) is 0 Å². The first kappa shape index (κ1) is 12.8. The third-order valence-electron chi connectivity index (χ3n) is 3.98. The molecule has 1 unspecified atom stereocenters. The van der Waals surface area contributed by atoms with Gasteiger partial charge in [-0.2, -0.15) is 0 Å². The number of hydrogen-bond acceptors (Lipinski definition) is 2. The Balaban J connectivity index is 1.99. The molecule has 4 heteroatoms. The molecule has 2 aromatic rings. The molecule has 0 saturated carbocycles. The molecule has 3 rings (SSSR count). The van der Waals surface area contributed by atoms with Crippen molar-refractivity contribution in [1.29, 1.82) is 0 Å². The topological polar surface area (TPSA) is 37.3 Å². The van der Waals surface area contributed by atoms with Crippen molar-refractivity contribution in [3.05, 3.63) is 53.3 Å². The number of amides is 1. The lowest BCUT2D eigenvalue weighted by atomic mass is 9.97. The van der Waals surface area contributed by atoms with Crippen LogP contribution >= 0.6 is 0 Å². The number of fused-ring (bicyclic) bond motifs is 1. The molecule has 0 radical (unpaired) electrons. The second-order valence-electron chi connectivity index (χ2n) is 5.35. The zero-order valence-corrected chi connectivity index (χ0v) is 12.1. The van der Waals surface area contributed by atoms with Gasteiger partial charge in [0.1, 0.15) is 0 Å². The summed E-state index contributed by atoms with van der Waals surface area (Å²) < 4.78 is 2.06. The van der Waals surface area contributed by atoms with Gasteiger partial charge < -0.3 is 10.3 Å². The standard InChI is InChI=1S/C16H19N3O/c1-11-8-9-12(2)19(11)17-14-10-16(20)18(3)15-7-5-4-6-13(14)15/h4-9,14,17H,10H2,1-3H3. The monoisotopic (exact) mass is 269 g/mol. The lowest BCUT2D eigenvalue weighted by molar-refractivity contribution is -0.119. The lowest BCUT2D eigenvalue weighted by Crippen LogP contribution is -2.37. The van der Waals surface area contributed by atoms with Crippen LogP contribution in [0, 0.1) is 13.8 Å². The summed E-state index contributed by atoms with van der Waals surface area (Å²) in [4.78, 5) is 13.9. The number of anilines is 1. The predicted molar refractivity (Wildman–Crippen MR) is 80.5 cm³/mol. The van der Waals surface area contributed by atoms with E-state index < -0.39 is 0 Å². The number of benzene rings is 1. The van der Waals surface area contributed by atoms with Crippen LogP contribution in [0.3, 0.4) is 0 Å². The van der Waals surface area contributed by atoms with Gasteiger partial charge in [-0.1, -0.05) is 18.2 Å². The van der Waals surface area contributed by atoms with Crippen LogP contribution in [-0.2, 0) is 4.79 Å². The van der Waals surface area contributed by atoms with E-state index >= 15 is 0 Å². The molecule has 1 aliphatic rings. The van der Waals surface area contributed by atoms with Gasteiger partial charge in [-0.25, -0.2) is 0 Å². The molecule has 104 valence electrons. The van der Waals surface area contributed by atoms with Crippen molar-refractivity contribution in [2.45, 2.75) is 26.3 Å². The molecule has 1 amide bonds. The summed E-state index contributed by atoms with van der Waals surface area (Å²) in [5.41, 5.74) is 7.92. The molecule has 4 nitrogen and oxygen atoms in total. The molecular formula is C16H19N3O. The van der Waals surface area contributed by atoms with Crippen molar-refractivity contribution in [3.8, 4) is 0 Å². The highest BCUT2D eigenvalue weighted by Gasteiger charge is 2.29. The summed E-state index contributed by atoms with van der Waals surface area (Å²) >= 11 is 0. The Kier molecular flexibility index (Phi) is 3.01. The molecule has 1 aromatic heterocycles. The van der Waals surface area contributed by atoms with Crippen molar-refractivity contribution < 1.29 is 4.79 Å². The highest BCUT2D eigenvalue weighted by atomic mass is 16.2. The number of nitrogens with one attached hydrogen (secondary N) is 1. The molecule has 0 aliphatic carbocycles. The molecule has 2 heterocycles. The van der Waals surface area contributed by atoms with Gasteiger partial charge >= 0.3 is 0 Å². The van der Waals surface area contributed by atoms with Gasteiger partial charge in [0.25, 0.3) is 0 Å². The van der Waals surface area contributed by atoms with Gasteiger partial charge in [-0.15, -0.1) is 0 Å². The first-order valence-corrected chi connectivity index (χ1v) is 6.85. The van der Waals surface area contributed by atoms with E-state index in [0.29, 0.717) is 6.42 Å². The van der Waals surface area contributed by atoms with Crippen molar-refractivity contribution >= 4 is 11.6 Å². The maximum Gasteiger partial charge on any atom is 0.229 e. The van der Waals surface area contributed by atoms with Crippen molar-refractivity contribution in [3.63, 3.8) is 0 Å². The lowest BCUT2D eigenvalue weighted by Gasteiger charge is -2.33. The first-order valence-electron chi connectivity index (χ1n) is 6.85. The van der Waals surface area contributed by atoms with Gasteiger partial charge in [0, 0.05) is 29.7 Å². The molecule has 0 spiro atoms. The number of carbonyl (C=O) groups is 1. The van der Waals surface area contributed by atoms with E-state index in [1.54, 1.807) is 4.90 Å². The van der Waals surface area contributed by atoms with E-state index in [0.717, 1.165) is 17.1 Å². The van der Waals surface area contributed by atoms with E-state index in [1.807, 2.05) is 25.2 Å². The largest absolute Gasteiger partial charge is 0.318 e. The molecule has 1 aliphatic heterocycles. The number of aromatic nitrogens is 1. The number of nitrogens with zero attached hydrogens (tertiary/aromatic N) is 2. The van der Waals surface area contributed by atoms with Crippen LogP contribution in [0.4, 0.5) is 5.69 Å². The molecule has 0 saturated heterocycles. The first-order chi connectivity index (χ1) is 9.58. The Morgan fingerprint density at radius 1 is 1.10 bits per heavy atom. The number of aryl methyl sites for hydroxylation is 2. The fourth-order valence-electron chi connectivity index (χ4n) is 2.79. The van der Waals surface area contributed by atoms with Gasteiger partial charge in [0.15, 0.2) is 0 Å². The van der Waals surface area contributed by atoms with Crippen molar-refractivity contribution in [2.75, 3.05) is 17.4 Å². The molecule has 0 bridgehead atoms. The minimum absolute atomic E-state index is 0.0136. The van der Waals surface area contributed by atoms with E-state index in [-0.39, 0.29) is 11.9 Å². The highest BCUT2D eigenvalue weighted by Crippen LogP contribution is 2.34. The van der Waals surface area contributed by atoms with Gasteiger partial charge in [-0.05, 0) is 32.0 Å². The van der Waals surface area contributed by atoms with Crippen LogP contribution in [0.15, 0.2) is 36.4 Å². The second kappa shape index (κ2) is 4.71. The highest BCUT2D eigenvalue weighted by molar-refractivity contribution is 5.96. The smallest absolute Gasteiger partial charge is 0.229 e. The maximum atomic E-state index is 12.1. The van der Waals surface area contributed by atoms with E-state index in [9.17, 15) is 4.79 Å². The Bertz CT molecular complexity index is 640. The van der Waals surface area contributed by atoms with Crippen LogP contribution in [0.25, 0.3) is 0 Å². The quantitative estimate of drug-likeness (QED) is 0.910. The number of carbonyl (C=O) groups excluding carboxylic acids is 1. The summed E-state index contributed by atoms with van der Waals surface area (Å²) in [5, 5.41) is 0. The van der Waals surface area contributed by atoms with Crippen LogP contribution in [-0.4, -0.2) is 17.6 Å². The van der Waals surface area contributed by atoms with E-state index in [1.165, 1.54) is 5.56 Å². The zero-order chi connectivity index (χ0) is 14.3. The summed E-state index contributed by atoms with van der Waals surface area (Å²) in [5.74, 6) is 0.142. The average molecular weight is 269 g/mol. The molecular weight excluding hydrogens is 250 g/mol. The van der Waals surface area contributed by atoms with Crippen molar-refractivity contribution in [1.82, 2.24) is 4.68 Å². The SMILES string of the molecule is Cc1ccc(C)n1NC1CC(=O)N(C)c2ccccc21. The van der Waals surface area contributed by atoms with Crippen LogP contribution in [0.2, 0.25) is 0 Å². The predicted octanol–water partition coefficient (Wildman–Crippen LogP) is 2.76. The molecule has 1 aromatic carbocycles. The Morgan fingerprint density at radius 3 is 2.45 bits per heavy atom. The van der Waals surface area contributed by atoms with E-state index in [2.05, 4.69) is 42.1 Å². The Hall–Kier alpha value is -2.23. The molecule has 1 atom stereocenters.